The smallest absolute Gasteiger partial charge is 0.181 e. The molecule has 0 saturated heterocycles. The van der Waals surface area contributed by atoms with Crippen molar-refractivity contribution in [1.82, 2.24) is 0 Å². The van der Waals surface area contributed by atoms with Crippen LogP contribution in [0.15, 0.2) is 54.6 Å². The van der Waals surface area contributed by atoms with Crippen LogP contribution in [0.4, 0.5) is 0 Å². The molecule has 0 aliphatic rings. The first-order valence-electron chi connectivity index (χ1n) is 7.55. The topological polar surface area (TPSA) is 17.1 Å². The highest BCUT2D eigenvalue weighted by molar-refractivity contribution is 6.36. The predicted octanol–water partition coefficient (Wildman–Crippen LogP) is 5.78. The van der Waals surface area contributed by atoms with E-state index in [0.717, 1.165) is 10.9 Å². The molecular weight excluding hydrogens is 292 g/mol. The number of carbonyl (C=O) groups is 1. The van der Waals surface area contributed by atoms with Gasteiger partial charge in [0, 0.05) is 5.56 Å². The van der Waals surface area contributed by atoms with Crippen LogP contribution in [-0.4, -0.2) is 11.2 Å². The Morgan fingerprint density at radius 2 is 1.50 bits per heavy atom. The molecule has 0 fully saturated rings. The van der Waals surface area contributed by atoms with Crippen LogP contribution in [0.1, 0.15) is 23.7 Å². The summed E-state index contributed by atoms with van der Waals surface area (Å²) in [5.74, 6) is 0.0158. The van der Waals surface area contributed by atoms with E-state index in [0.29, 0.717) is 6.42 Å². The fraction of sp³-hybridized carbons (Fsp3) is 0.150. The molecule has 108 valence electrons. The number of benzene rings is 4. The van der Waals surface area contributed by atoms with E-state index in [1.807, 2.05) is 19.1 Å². The van der Waals surface area contributed by atoms with Crippen molar-refractivity contribution in [2.75, 3.05) is 0 Å². The van der Waals surface area contributed by atoms with E-state index >= 15 is 0 Å². The van der Waals surface area contributed by atoms with Crippen LogP contribution in [0.25, 0.3) is 32.3 Å². The molecule has 0 bridgehead atoms. The highest BCUT2D eigenvalue weighted by atomic mass is 35.5. The van der Waals surface area contributed by atoms with Crippen LogP contribution in [0, 0.1) is 0 Å². The second-order valence-electron chi connectivity index (χ2n) is 5.71. The minimum absolute atomic E-state index is 0.0158. The first-order valence-corrected chi connectivity index (χ1v) is 7.99. The minimum atomic E-state index is -0.460. The summed E-state index contributed by atoms with van der Waals surface area (Å²) < 4.78 is 0. The van der Waals surface area contributed by atoms with Crippen LogP contribution < -0.4 is 0 Å². The summed E-state index contributed by atoms with van der Waals surface area (Å²) in [6.45, 7) is 1.94. The molecule has 4 aromatic rings. The molecule has 1 nitrogen and oxygen atoms in total. The summed E-state index contributed by atoms with van der Waals surface area (Å²) in [7, 11) is 0. The lowest BCUT2D eigenvalue weighted by molar-refractivity contribution is 0.0987. The van der Waals surface area contributed by atoms with E-state index in [2.05, 4.69) is 42.5 Å². The second kappa shape index (κ2) is 4.96. The van der Waals surface area contributed by atoms with E-state index in [9.17, 15) is 4.79 Å². The van der Waals surface area contributed by atoms with Gasteiger partial charge in [0.15, 0.2) is 5.78 Å². The van der Waals surface area contributed by atoms with E-state index in [4.69, 9.17) is 11.6 Å². The number of hydrogen-bond donors (Lipinski definition) is 0. The number of rotatable bonds is 3. The molecule has 4 aromatic carbocycles. The highest BCUT2D eigenvalue weighted by Gasteiger charge is 2.19. The van der Waals surface area contributed by atoms with Gasteiger partial charge in [-0.1, -0.05) is 61.5 Å². The Morgan fingerprint density at radius 3 is 2.18 bits per heavy atom. The fourth-order valence-electron chi connectivity index (χ4n) is 3.30. The monoisotopic (exact) mass is 306 g/mol. The lowest BCUT2D eigenvalue weighted by atomic mass is 9.90. The number of carbonyl (C=O) groups excluding carboxylic acids is 1. The molecule has 4 rings (SSSR count). The zero-order valence-electron chi connectivity index (χ0n) is 12.3. The molecular formula is C20H15ClO. The molecule has 1 unspecified atom stereocenters. The Labute approximate surface area is 133 Å². The summed E-state index contributed by atoms with van der Waals surface area (Å²) in [5.41, 5.74) is 0.729. The quantitative estimate of drug-likeness (QED) is 0.266. The van der Waals surface area contributed by atoms with E-state index in [1.54, 1.807) is 0 Å². The number of alkyl halides is 1. The lowest BCUT2D eigenvalue weighted by Crippen LogP contribution is -2.14. The molecule has 2 heteroatoms. The SMILES string of the molecule is CCC(Cl)C(=O)c1ccc2ccc3cccc4ccc1c2c34. The Hall–Kier alpha value is -2.12. The maximum atomic E-state index is 12.6. The first-order chi connectivity index (χ1) is 10.7. The van der Waals surface area contributed by atoms with Crippen molar-refractivity contribution in [1.29, 1.82) is 0 Å². The van der Waals surface area contributed by atoms with Crippen LogP contribution in [0.2, 0.25) is 0 Å². The van der Waals surface area contributed by atoms with Crippen molar-refractivity contribution in [2.45, 2.75) is 18.7 Å². The van der Waals surface area contributed by atoms with Crippen LogP contribution in [-0.2, 0) is 0 Å². The average molecular weight is 307 g/mol. The maximum Gasteiger partial charge on any atom is 0.181 e. The predicted molar refractivity (Wildman–Crippen MR) is 94.4 cm³/mol. The zero-order valence-corrected chi connectivity index (χ0v) is 13.0. The normalized spacial score (nSPS) is 13.2. The fourth-order valence-corrected chi connectivity index (χ4v) is 3.42. The summed E-state index contributed by atoms with van der Waals surface area (Å²) in [4.78, 5) is 12.6. The highest BCUT2D eigenvalue weighted by Crippen LogP contribution is 2.36. The molecule has 1 atom stereocenters. The summed E-state index contributed by atoms with van der Waals surface area (Å²) in [5, 5.41) is 6.52. The van der Waals surface area contributed by atoms with Crippen LogP contribution >= 0.6 is 11.6 Å². The third kappa shape index (κ3) is 1.82. The molecule has 0 spiro atoms. The number of hydrogen-bond acceptors (Lipinski definition) is 1. The molecule has 0 N–H and O–H groups in total. The average Bonchev–Trinajstić information content (AvgIpc) is 2.58. The van der Waals surface area contributed by atoms with Gasteiger partial charge in [-0.3, -0.25) is 4.79 Å². The van der Waals surface area contributed by atoms with Gasteiger partial charge in [-0.15, -0.1) is 11.6 Å². The first kappa shape index (κ1) is 13.5. The van der Waals surface area contributed by atoms with Gasteiger partial charge in [0.2, 0.25) is 0 Å². The maximum absolute atomic E-state index is 12.6. The van der Waals surface area contributed by atoms with Gasteiger partial charge in [-0.05, 0) is 38.7 Å². The molecule has 0 radical (unpaired) electrons. The standard InChI is InChI=1S/C20H15ClO/c1-2-17(21)20(22)16-11-9-14-7-6-12-4-3-5-13-8-10-15(16)19(14)18(12)13/h3-11,17H,2H2,1H3. The van der Waals surface area contributed by atoms with Gasteiger partial charge in [0.1, 0.15) is 0 Å². The van der Waals surface area contributed by atoms with E-state index in [-0.39, 0.29) is 5.78 Å². The van der Waals surface area contributed by atoms with Gasteiger partial charge < -0.3 is 0 Å². The van der Waals surface area contributed by atoms with Crippen molar-refractivity contribution >= 4 is 49.7 Å². The molecule has 0 heterocycles. The summed E-state index contributed by atoms with van der Waals surface area (Å²) in [6.07, 6.45) is 0.641. The Bertz CT molecular complexity index is 987. The van der Waals surface area contributed by atoms with Crippen LogP contribution in [0.5, 0.6) is 0 Å². The van der Waals surface area contributed by atoms with Gasteiger partial charge in [0.25, 0.3) is 0 Å². The number of Topliss-reactive ketones (excluding diaryl/α,β-unsaturated/α-hetero) is 1. The van der Waals surface area contributed by atoms with Crippen molar-refractivity contribution in [3.8, 4) is 0 Å². The third-order valence-corrected chi connectivity index (χ3v) is 4.94. The van der Waals surface area contributed by atoms with Gasteiger partial charge in [-0.25, -0.2) is 0 Å². The van der Waals surface area contributed by atoms with E-state index in [1.165, 1.54) is 26.9 Å². The van der Waals surface area contributed by atoms with Crippen molar-refractivity contribution < 1.29 is 4.79 Å². The second-order valence-corrected chi connectivity index (χ2v) is 6.24. The zero-order chi connectivity index (χ0) is 15.3. The van der Waals surface area contributed by atoms with Gasteiger partial charge in [0.05, 0.1) is 5.38 Å². The lowest BCUT2D eigenvalue weighted by Gasteiger charge is -2.14. The summed E-state index contributed by atoms with van der Waals surface area (Å²) in [6, 6.07) is 18.7. The van der Waals surface area contributed by atoms with Crippen molar-refractivity contribution in [2.24, 2.45) is 0 Å². The van der Waals surface area contributed by atoms with Crippen molar-refractivity contribution in [3.63, 3.8) is 0 Å². The minimum Gasteiger partial charge on any atom is -0.292 e. The van der Waals surface area contributed by atoms with Crippen molar-refractivity contribution in [3.05, 3.63) is 60.2 Å². The molecule has 0 aliphatic carbocycles. The molecule has 0 amide bonds. The Kier molecular flexibility index (Phi) is 3.05. The van der Waals surface area contributed by atoms with Gasteiger partial charge >= 0.3 is 0 Å². The number of halogens is 1. The molecule has 22 heavy (non-hydrogen) atoms. The Morgan fingerprint density at radius 1 is 0.909 bits per heavy atom. The van der Waals surface area contributed by atoms with Gasteiger partial charge in [-0.2, -0.15) is 0 Å². The molecule has 0 aliphatic heterocycles. The van der Waals surface area contributed by atoms with Crippen LogP contribution in [0.3, 0.4) is 0 Å². The summed E-state index contributed by atoms with van der Waals surface area (Å²) >= 11 is 6.19. The largest absolute Gasteiger partial charge is 0.292 e. The number of ketones is 1. The molecule has 0 aromatic heterocycles. The third-order valence-electron chi connectivity index (χ3n) is 4.44. The van der Waals surface area contributed by atoms with E-state index < -0.39 is 5.38 Å². The molecule has 0 saturated carbocycles. The Balaban J connectivity index is 2.15.